The van der Waals surface area contributed by atoms with E-state index in [1.165, 1.54) is 6.07 Å². The van der Waals surface area contributed by atoms with Gasteiger partial charge in [0.1, 0.15) is 0 Å². The highest BCUT2D eigenvalue weighted by Gasteiger charge is 2.37. The Morgan fingerprint density at radius 1 is 0.958 bits per heavy atom. The number of hydrogen-bond acceptors (Lipinski definition) is 6. The number of anilines is 1. The second-order valence-electron chi connectivity index (χ2n) is 4.98. The molecule has 1 heterocycles. The molecular weight excluding hydrogens is 318 g/mol. The highest BCUT2D eigenvalue weighted by atomic mass is 16.4. The second kappa shape index (κ2) is 5.20. The molecule has 120 valence electrons. The van der Waals surface area contributed by atoms with Crippen LogP contribution >= 0.6 is 0 Å². The van der Waals surface area contributed by atoms with Gasteiger partial charge in [0, 0.05) is 0 Å². The highest BCUT2D eigenvalue weighted by molar-refractivity contribution is 6.34. The number of imide groups is 1. The topological polar surface area (TPSA) is 138 Å². The van der Waals surface area contributed by atoms with E-state index in [-0.39, 0.29) is 22.4 Å². The molecule has 2 aromatic carbocycles. The first-order chi connectivity index (χ1) is 11.3. The molecule has 1 aliphatic rings. The number of rotatable bonds is 3. The maximum absolute atomic E-state index is 12.4. The number of carbonyl (C=O) groups is 4. The first-order valence-electron chi connectivity index (χ1n) is 6.60. The van der Waals surface area contributed by atoms with E-state index in [0.29, 0.717) is 4.90 Å². The molecule has 0 atom stereocenters. The molecule has 0 bridgehead atoms. The Balaban J connectivity index is 2.10. The summed E-state index contributed by atoms with van der Waals surface area (Å²) in [5, 5.41) is 31.3. The Bertz CT molecular complexity index is 932. The molecule has 0 aliphatic carbocycles. The van der Waals surface area contributed by atoms with E-state index < -0.39 is 35.1 Å². The molecule has 0 unspecified atom stereocenters. The summed E-state index contributed by atoms with van der Waals surface area (Å²) >= 11 is 0. The fraction of sp³-hybridized carbons (Fsp3) is 0. The standard InChI is InChI=1S/C16H9NO7/c18-12-4-2-8(6-11(12)16(23)24)17-13(19)9-3-1-7(15(21)22)5-10(9)14(17)20/h1-6,18H,(H,21,22)(H,23,24)/p-2. The van der Waals surface area contributed by atoms with Crippen molar-refractivity contribution in [3.05, 3.63) is 58.7 Å². The van der Waals surface area contributed by atoms with E-state index in [2.05, 4.69) is 0 Å². The summed E-state index contributed by atoms with van der Waals surface area (Å²) in [6.45, 7) is 0. The highest BCUT2D eigenvalue weighted by Crippen LogP contribution is 2.31. The number of benzene rings is 2. The molecule has 0 radical (unpaired) electrons. The summed E-state index contributed by atoms with van der Waals surface area (Å²) in [6, 6.07) is 6.34. The van der Waals surface area contributed by atoms with Crippen molar-refractivity contribution in [3.8, 4) is 5.75 Å². The average molecular weight is 325 g/mol. The Kier molecular flexibility index (Phi) is 3.30. The van der Waals surface area contributed by atoms with Crippen LogP contribution < -0.4 is 15.1 Å². The Labute approximate surface area is 134 Å². The minimum atomic E-state index is -1.50. The van der Waals surface area contributed by atoms with Crippen LogP contribution in [0.25, 0.3) is 0 Å². The van der Waals surface area contributed by atoms with Gasteiger partial charge in [0.15, 0.2) is 0 Å². The van der Waals surface area contributed by atoms with Gasteiger partial charge in [0.25, 0.3) is 11.8 Å². The number of amides is 2. The summed E-state index contributed by atoms with van der Waals surface area (Å²) in [4.78, 5) is 47.4. The van der Waals surface area contributed by atoms with E-state index >= 15 is 0 Å². The van der Waals surface area contributed by atoms with E-state index in [1.54, 1.807) is 0 Å². The zero-order chi connectivity index (χ0) is 17.6. The molecule has 2 aromatic rings. The molecule has 0 aromatic heterocycles. The lowest BCUT2D eigenvalue weighted by molar-refractivity contribution is -0.268. The van der Waals surface area contributed by atoms with Crippen molar-refractivity contribution in [1.82, 2.24) is 0 Å². The number of hydrogen-bond donors (Lipinski definition) is 1. The van der Waals surface area contributed by atoms with Gasteiger partial charge in [-0.05, 0) is 29.8 Å². The smallest absolute Gasteiger partial charge is 0.335 e. The average Bonchev–Trinajstić information content (AvgIpc) is 2.79. The van der Waals surface area contributed by atoms with Gasteiger partial charge < -0.3 is 20.1 Å². The lowest BCUT2D eigenvalue weighted by atomic mass is 10.1. The van der Waals surface area contributed by atoms with Gasteiger partial charge in [0.05, 0.1) is 28.3 Å². The van der Waals surface area contributed by atoms with Crippen LogP contribution in [0, 0.1) is 0 Å². The minimum absolute atomic E-state index is 0.0203. The third-order valence-corrected chi connectivity index (χ3v) is 3.57. The van der Waals surface area contributed by atoms with Crippen LogP contribution in [0.2, 0.25) is 0 Å². The van der Waals surface area contributed by atoms with E-state index in [4.69, 9.17) is 5.11 Å². The maximum Gasteiger partial charge on any atom is 0.335 e. The largest absolute Gasteiger partial charge is 0.872 e. The SMILES string of the molecule is O=C([O-])c1ccc2c(c1)C(=O)N(c1ccc([O-])c(C(=O)O)c1)C2=O. The van der Waals surface area contributed by atoms with Crippen LogP contribution in [0.4, 0.5) is 5.69 Å². The molecule has 2 amide bonds. The van der Waals surface area contributed by atoms with Crippen molar-refractivity contribution in [1.29, 1.82) is 0 Å². The van der Waals surface area contributed by atoms with Crippen LogP contribution in [0.3, 0.4) is 0 Å². The van der Waals surface area contributed by atoms with Crippen LogP contribution in [0.15, 0.2) is 36.4 Å². The molecule has 24 heavy (non-hydrogen) atoms. The van der Waals surface area contributed by atoms with E-state index in [0.717, 1.165) is 30.3 Å². The summed E-state index contributed by atoms with van der Waals surface area (Å²) < 4.78 is 0. The molecule has 0 fully saturated rings. The number of carboxylic acids is 2. The summed E-state index contributed by atoms with van der Waals surface area (Å²) in [5.74, 6) is -5.30. The van der Waals surface area contributed by atoms with Crippen molar-refractivity contribution < 1.29 is 34.5 Å². The fourth-order valence-corrected chi connectivity index (χ4v) is 2.43. The van der Waals surface area contributed by atoms with Gasteiger partial charge in [-0.25, -0.2) is 9.69 Å². The minimum Gasteiger partial charge on any atom is -0.872 e. The summed E-state index contributed by atoms with van der Waals surface area (Å²) in [6.07, 6.45) is 0. The first kappa shape index (κ1) is 15.2. The van der Waals surface area contributed by atoms with E-state index in [9.17, 15) is 29.4 Å². The summed E-state index contributed by atoms with van der Waals surface area (Å²) in [5.41, 5.74) is -1.09. The Morgan fingerprint density at radius 2 is 1.62 bits per heavy atom. The predicted octanol–water partition coefficient (Wildman–Crippen LogP) is -0.378. The number of nitrogens with zero attached hydrogens (tertiary/aromatic N) is 1. The lowest BCUT2D eigenvalue weighted by Crippen LogP contribution is -2.29. The zero-order valence-electron chi connectivity index (χ0n) is 11.8. The van der Waals surface area contributed by atoms with E-state index in [1.807, 2.05) is 0 Å². The second-order valence-corrected chi connectivity index (χ2v) is 4.98. The number of aromatic carboxylic acids is 2. The first-order valence-corrected chi connectivity index (χ1v) is 6.60. The fourth-order valence-electron chi connectivity index (χ4n) is 2.43. The molecular formula is C16H7NO7-2. The zero-order valence-corrected chi connectivity index (χ0v) is 11.8. The van der Waals surface area contributed by atoms with Gasteiger partial charge in [-0.3, -0.25) is 9.59 Å². The van der Waals surface area contributed by atoms with Gasteiger partial charge >= 0.3 is 5.97 Å². The predicted molar refractivity (Wildman–Crippen MR) is 74.8 cm³/mol. The van der Waals surface area contributed by atoms with Gasteiger partial charge in [0.2, 0.25) is 0 Å². The molecule has 3 rings (SSSR count). The number of carboxylic acid groups (broad SMARTS) is 2. The van der Waals surface area contributed by atoms with Crippen molar-refractivity contribution in [2.45, 2.75) is 0 Å². The van der Waals surface area contributed by atoms with Crippen LogP contribution in [0.1, 0.15) is 41.4 Å². The van der Waals surface area contributed by atoms with Crippen molar-refractivity contribution in [2.24, 2.45) is 0 Å². The molecule has 1 N–H and O–H groups in total. The quantitative estimate of drug-likeness (QED) is 0.759. The Hall–Kier alpha value is -3.68. The van der Waals surface area contributed by atoms with Gasteiger partial charge in [-0.15, -0.1) is 0 Å². The lowest BCUT2D eigenvalue weighted by Gasteiger charge is -2.17. The number of carbonyl (C=O) groups excluding carboxylic acids is 3. The maximum atomic E-state index is 12.4. The molecule has 1 aliphatic heterocycles. The van der Waals surface area contributed by atoms with Gasteiger partial charge in [-0.2, -0.15) is 0 Å². The third kappa shape index (κ3) is 2.17. The van der Waals surface area contributed by atoms with Crippen LogP contribution in [-0.4, -0.2) is 28.9 Å². The van der Waals surface area contributed by atoms with Gasteiger partial charge in [-0.1, -0.05) is 17.9 Å². The van der Waals surface area contributed by atoms with Crippen molar-refractivity contribution >= 4 is 29.4 Å². The van der Waals surface area contributed by atoms with Crippen LogP contribution in [-0.2, 0) is 0 Å². The molecule has 8 heteroatoms. The number of fused-ring (bicyclic) bond motifs is 1. The van der Waals surface area contributed by atoms with Crippen molar-refractivity contribution in [3.63, 3.8) is 0 Å². The van der Waals surface area contributed by atoms with Crippen LogP contribution in [0.5, 0.6) is 5.75 Å². The summed E-state index contributed by atoms with van der Waals surface area (Å²) in [7, 11) is 0. The normalized spacial score (nSPS) is 13.1. The van der Waals surface area contributed by atoms with Crippen molar-refractivity contribution in [2.75, 3.05) is 4.90 Å². The molecule has 0 saturated heterocycles. The monoisotopic (exact) mass is 325 g/mol. The molecule has 0 saturated carbocycles. The Morgan fingerprint density at radius 3 is 2.25 bits per heavy atom. The molecule has 8 nitrogen and oxygen atoms in total. The molecule has 0 spiro atoms. The third-order valence-electron chi connectivity index (χ3n) is 3.57.